The third kappa shape index (κ3) is 10.2. The molecule has 0 radical (unpaired) electrons. The molecule has 0 aliphatic rings. The number of carbonyl (C=O) groups excluding carboxylic acids is 3. The molecule has 1 rings (SSSR count). The number of unbranched alkanes of at least 4 members (excludes halogenated alkanes) is 3. The van der Waals surface area contributed by atoms with E-state index in [2.05, 4.69) is 5.32 Å². The van der Waals surface area contributed by atoms with Crippen LogP contribution < -0.4 is 5.32 Å². The van der Waals surface area contributed by atoms with E-state index in [1.165, 1.54) is 0 Å². The summed E-state index contributed by atoms with van der Waals surface area (Å²) in [4.78, 5) is 35.6. The molecule has 0 aliphatic carbocycles. The topological polar surface area (TPSA) is 81.7 Å². The van der Waals surface area contributed by atoms with Crippen molar-refractivity contribution >= 4 is 17.7 Å². The molecule has 0 amide bonds. The second kappa shape index (κ2) is 14.8. The molecule has 1 N–H and O–H groups in total. The van der Waals surface area contributed by atoms with Crippen molar-refractivity contribution in [2.24, 2.45) is 0 Å². The van der Waals surface area contributed by atoms with Crippen molar-refractivity contribution in [3.63, 3.8) is 0 Å². The molecular formula is C22H33NO5. The standard InChI is InChI=1S/C22H33NO5/c1-3-27-21(25)15-11-6-5-10-14-19(22(26)28-4-2)23-17-16-20(24)18-12-8-7-9-13-18/h7-9,12-13,19,23H,3-6,10-11,14-17H2,1-2H3. The number of ether oxygens (including phenoxy) is 2. The van der Waals surface area contributed by atoms with Crippen LogP contribution in [0, 0.1) is 0 Å². The molecule has 1 aromatic rings. The van der Waals surface area contributed by atoms with Crippen LogP contribution >= 0.6 is 0 Å². The van der Waals surface area contributed by atoms with Gasteiger partial charge in [0, 0.05) is 24.9 Å². The summed E-state index contributed by atoms with van der Waals surface area (Å²) in [7, 11) is 0. The van der Waals surface area contributed by atoms with Gasteiger partial charge in [0.05, 0.1) is 13.2 Å². The summed E-state index contributed by atoms with van der Waals surface area (Å²) >= 11 is 0. The Balaban J connectivity index is 2.31. The van der Waals surface area contributed by atoms with Gasteiger partial charge < -0.3 is 14.8 Å². The Bertz CT molecular complexity index is 588. The molecule has 1 atom stereocenters. The minimum absolute atomic E-state index is 0.0506. The molecular weight excluding hydrogens is 358 g/mol. The molecule has 0 aliphatic heterocycles. The van der Waals surface area contributed by atoms with Gasteiger partial charge in [0.1, 0.15) is 6.04 Å². The van der Waals surface area contributed by atoms with Crippen molar-refractivity contribution in [3.05, 3.63) is 35.9 Å². The number of Topliss-reactive ketones (excluding diaryl/α,β-unsaturated/α-hetero) is 1. The number of carbonyl (C=O) groups is 3. The van der Waals surface area contributed by atoms with E-state index in [0.717, 1.165) is 25.7 Å². The second-order valence-electron chi connectivity index (χ2n) is 6.56. The molecule has 0 spiro atoms. The number of esters is 2. The van der Waals surface area contributed by atoms with Gasteiger partial charge in [-0.15, -0.1) is 0 Å². The summed E-state index contributed by atoms with van der Waals surface area (Å²) in [6.07, 6.45) is 4.92. The maximum atomic E-state index is 12.2. The predicted octanol–water partition coefficient (Wildman–Crippen LogP) is 3.68. The fourth-order valence-electron chi connectivity index (χ4n) is 2.88. The Morgan fingerprint density at radius 3 is 2.25 bits per heavy atom. The van der Waals surface area contributed by atoms with Crippen molar-refractivity contribution in [1.29, 1.82) is 0 Å². The Labute approximate surface area is 168 Å². The average molecular weight is 392 g/mol. The first kappa shape index (κ1) is 23.8. The minimum Gasteiger partial charge on any atom is -0.466 e. The third-order valence-corrected chi connectivity index (χ3v) is 4.34. The number of ketones is 1. The lowest BCUT2D eigenvalue weighted by atomic mass is 10.1. The fourth-order valence-corrected chi connectivity index (χ4v) is 2.88. The number of hydrogen-bond acceptors (Lipinski definition) is 6. The van der Waals surface area contributed by atoms with Crippen LogP contribution in [0.2, 0.25) is 0 Å². The Kier molecular flexibility index (Phi) is 12.6. The molecule has 0 fully saturated rings. The van der Waals surface area contributed by atoms with Gasteiger partial charge in [-0.05, 0) is 26.7 Å². The van der Waals surface area contributed by atoms with Gasteiger partial charge in [-0.3, -0.25) is 14.4 Å². The highest BCUT2D eigenvalue weighted by Crippen LogP contribution is 2.10. The van der Waals surface area contributed by atoms with Crippen molar-refractivity contribution < 1.29 is 23.9 Å². The van der Waals surface area contributed by atoms with E-state index in [9.17, 15) is 14.4 Å². The summed E-state index contributed by atoms with van der Waals surface area (Å²) in [5.41, 5.74) is 0.679. The van der Waals surface area contributed by atoms with Gasteiger partial charge in [0.2, 0.25) is 0 Å². The molecule has 6 nitrogen and oxygen atoms in total. The van der Waals surface area contributed by atoms with E-state index >= 15 is 0 Å². The summed E-state index contributed by atoms with van der Waals surface area (Å²) in [5.74, 6) is -0.382. The average Bonchev–Trinajstić information content (AvgIpc) is 2.70. The van der Waals surface area contributed by atoms with Gasteiger partial charge >= 0.3 is 11.9 Å². The summed E-state index contributed by atoms with van der Waals surface area (Å²) in [5, 5.41) is 3.16. The molecule has 1 unspecified atom stereocenters. The van der Waals surface area contributed by atoms with Gasteiger partial charge in [-0.2, -0.15) is 0 Å². The van der Waals surface area contributed by atoms with Gasteiger partial charge in [0.25, 0.3) is 0 Å². The van der Waals surface area contributed by atoms with Crippen molar-refractivity contribution in [3.8, 4) is 0 Å². The molecule has 0 saturated heterocycles. The zero-order valence-corrected chi connectivity index (χ0v) is 17.1. The van der Waals surface area contributed by atoms with Crippen LogP contribution in [-0.2, 0) is 19.1 Å². The van der Waals surface area contributed by atoms with Gasteiger partial charge in [0.15, 0.2) is 5.78 Å². The summed E-state index contributed by atoms with van der Waals surface area (Å²) in [6.45, 7) is 4.76. The fraction of sp³-hybridized carbons (Fsp3) is 0.591. The smallest absolute Gasteiger partial charge is 0.323 e. The summed E-state index contributed by atoms with van der Waals surface area (Å²) in [6, 6.07) is 8.73. The van der Waals surface area contributed by atoms with E-state index in [0.29, 0.717) is 44.6 Å². The number of nitrogens with one attached hydrogen (secondary N) is 1. The number of hydrogen-bond donors (Lipinski definition) is 1. The van der Waals surface area contributed by atoms with E-state index in [-0.39, 0.29) is 17.7 Å². The SMILES string of the molecule is CCOC(=O)CCCCCCC(NCCC(=O)c1ccccc1)C(=O)OCC. The van der Waals surface area contributed by atoms with Crippen LogP contribution in [-0.4, -0.2) is 43.5 Å². The van der Waals surface area contributed by atoms with E-state index in [1.807, 2.05) is 18.2 Å². The number of rotatable bonds is 15. The molecule has 0 bridgehead atoms. The zero-order valence-electron chi connectivity index (χ0n) is 17.1. The van der Waals surface area contributed by atoms with Crippen molar-refractivity contribution in [1.82, 2.24) is 5.32 Å². The molecule has 0 heterocycles. The predicted molar refractivity (Wildman–Crippen MR) is 108 cm³/mol. The van der Waals surface area contributed by atoms with E-state index in [1.54, 1.807) is 26.0 Å². The van der Waals surface area contributed by atoms with Crippen LogP contribution in [0.4, 0.5) is 0 Å². The Morgan fingerprint density at radius 2 is 1.57 bits per heavy atom. The van der Waals surface area contributed by atoms with Crippen LogP contribution in [0.25, 0.3) is 0 Å². The molecule has 6 heteroatoms. The van der Waals surface area contributed by atoms with Crippen LogP contribution in [0.1, 0.15) is 69.2 Å². The second-order valence-corrected chi connectivity index (χ2v) is 6.56. The van der Waals surface area contributed by atoms with E-state index < -0.39 is 6.04 Å². The van der Waals surface area contributed by atoms with Crippen LogP contribution in [0.5, 0.6) is 0 Å². The first-order chi connectivity index (χ1) is 13.6. The van der Waals surface area contributed by atoms with Crippen LogP contribution in [0.15, 0.2) is 30.3 Å². The Hall–Kier alpha value is -2.21. The number of benzene rings is 1. The van der Waals surface area contributed by atoms with E-state index in [4.69, 9.17) is 9.47 Å². The lowest BCUT2D eigenvalue weighted by Gasteiger charge is -2.17. The lowest BCUT2D eigenvalue weighted by molar-refractivity contribution is -0.146. The highest BCUT2D eigenvalue weighted by Gasteiger charge is 2.19. The maximum Gasteiger partial charge on any atom is 0.323 e. The first-order valence-corrected chi connectivity index (χ1v) is 10.2. The van der Waals surface area contributed by atoms with Crippen molar-refractivity contribution in [2.45, 2.75) is 64.8 Å². The lowest BCUT2D eigenvalue weighted by Crippen LogP contribution is -2.39. The zero-order chi connectivity index (χ0) is 20.6. The molecule has 0 aromatic heterocycles. The largest absolute Gasteiger partial charge is 0.466 e. The first-order valence-electron chi connectivity index (χ1n) is 10.2. The normalized spacial score (nSPS) is 11.6. The molecule has 156 valence electrons. The summed E-state index contributed by atoms with van der Waals surface area (Å²) < 4.78 is 10.0. The highest BCUT2D eigenvalue weighted by atomic mass is 16.5. The third-order valence-electron chi connectivity index (χ3n) is 4.34. The minimum atomic E-state index is -0.409. The van der Waals surface area contributed by atoms with Gasteiger partial charge in [-0.1, -0.05) is 49.6 Å². The molecule has 0 saturated carbocycles. The Morgan fingerprint density at radius 1 is 0.893 bits per heavy atom. The maximum absolute atomic E-state index is 12.2. The highest BCUT2D eigenvalue weighted by molar-refractivity contribution is 5.96. The van der Waals surface area contributed by atoms with Crippen LogP contribution in [0.3, 0.4) is 0 Å². The quantitative estimate of drug-likeness (QED) is 0.279. The monoisotopic (exact) mass is 391 g/mol. The van der Waals surface area contributed by atoms with Gasteiger partial charge in [-0.25, -0.2) is 0 Å². The van der Waals surface area contributed by atoms with Crippen molar-refractivity contribution in [2.75, 3.05) is 19.8 Å². The molecule has 1 aromatic carbocycles. The molecule has 28 heavy (non-hydrogen) atoms.